The highest BCUT2D eigenvalue weighted by molar-refractivity contribution is 5.99. The van der Waals surface area contributed by atoms with E-state index in [4.69, 9.17) is 4.74 Å². The fourth-order valence-electron chi connectivity index (χ4n) is 2.56. The third-order valence-corrected chi connectivity index (χ3v) is 3.87. The van der Waals surface area contributed by atoms with Gasteiger partial charge in [-0.15, -0.1) is 0 Å². The number of carbonyl (C=O) groups is 2. The molecule has 0 saturated carbocycles. The van der Waals surface area contributed by atoms with Crippen LogP contribution in [0.15, 0.2) is 42.1 Å². The van der Waals surface area contributed by atoms with Gasteiger partial charge in [0.05, 0.1) is 12.8 Å². The van der Waals surface area contributed by atoms with E-state index < -0.39 is 0 Å². The molecule has 0 aliphatic carbocycles. The van der Waals surface area contributed by atoms with Crippen molar-refractivity contribution < 1.29 is 14.3 Å². The lowest BCUT2D eigenvalue weighted by atomic mass is 10.1. The summed E-state index contributed by atoms with van der Waals surface area (Å²) in [7, 11) is 1.56. The number of allylic oxidation sites excluding steroid dienone is 1. The molecule has 1 aromatic rings. The third kappa shape index (κ3) is 4.32. The van der Waals surface area contributed by atoms with Gasteiger partial charge in [-0.05, 0) is 24.6 Å². The maximum absolute atomic E-state index is 12.3. The summed E-state index contributed by atoms with van der Waals surface area (Å²) in [5.41, 5.74) is 3.05. The summed E-state index contributed by atoms with van der Waals surface area (Å²) in [4.78, 5) is 24.7. The number of benzene rings is 1. The number of nitrogens with zero attached hydrogens (tertiary/aromatic N) is 1. The number of hydrogen-bond acceptors (Lipinski definition) is 4. The van der Waals surface area contributed by atoms with E-state index in [-0.39, 0.29) is 11.9 Å². The second-order valence-electron chi connectivity index (χ2n) is 5.55. The molecule has 1 aliphatic heterocycles. The topological polar surface area (TPSA) is 82.7 Å². The first-order valence-electron chi connectivity index (χ1n) is 8.06. The van der Waals surface area contributed by atoms with Crippen molar-refractivity contribution in [3.8, 4) is 5.75 Å². The number of ether oxygens (including phenoxy) is 1. The Hall–Kier alpha value is -2.96. The monoisotopic (exact) mass is 344 g/mol. The van der Waals surface area contributed by atoms with E-state index in [0.717, 1.165) is 11.3 Å². The molecule has 1 heterocycles. The number of anilines is 2. The van der Waals surface area contributed by atoms with Crippen molar-refractivity contribution >= 4 is 23.3 Å². The van der Waals surface area contributed by atoms with Crippen LogP contribution in [-0.2, 0) is 4.79 Å². The molecule has 1 aliphatic rings. The number of nitrogens with one attached hydrogen (secondary N) is 3. The fourth-order valence-corrected chi connectivity index (χ4v) is 2.56. The maximum Gasteiger partial charge on any atom is 0.326 e. The highest BCUT2D eigenvalue weighted by atomic mass is 16.5. The summed E-state index contributed by atoms with van der Waals surface area (Å²) < 4.78 is 5.46. The van der Waals surface area contributed by atoms with E-state index in [0.29, 0.717) is 36.8 Å². The average molecular weight is 344 g/mol. The van der Waals surface area contributed by atoms with E-state index in [1.165, 1.54) is 11.8 Å². The molecular formula is C18H24N4O3. The number of amides is 3. The Bertz CT molecular complexity index is 712. The van der Waals surface area contributed by atoms with Gasteiger partial charge in [0.2, 0.25) is 5.91 Å². The van der Waals surface area contributed by atoms with Gasteiger partial charge < -0.3 is 20.7 Å². The number of hydrogen-bond donors (Lipinski definition) is 3. The van der Waals surface area contributed by atoms with Crippen LogP contribution in [0.25, 0.3) is 0 Å². The van der Waals surface area contributed by atoms with Crippen LogP contribution in [0.4, 0.5) is 16.2 Å². The van der Waals surface area contributed by atoms with Crippen LogP contribution >= 0.6 is 0 Å². The van der Waals surface area contributed by atoms with Gasteiger partial charge in [-0.1, -0.05) is 12.7 Å². The Morgan fingerprint density at radius 1 is 1.44 bits per heavy atom. The van der Waals surface area contributed by atoms with Crippen molar-refractivity contribution in [2.24, 2.45) is 0 Å². The molecule has 1 aromatic carbocycles. The molecule has 3 amide bonds. The maximum atomic E-state index is 12.3. The average Bonchev–Trinajstić information content (AvgIpc) is 2.59. The molecule has 134 valence electrons. The molecule has 0 unspecified atom stereocenters. The van der Waals surface area contributed by atoms with Gasteiger partial charge in [-0.2, -0.15) is 0 Å². The van der Waals surface area contributed by atoms with Crippen molar-refractivity contribution in [3.63, 3.8) is 0 Å². The minimum atomic E-state index is -0.236. The van der Waals surface area contributed by atoms with Gasteiger partial charge >= 0.3 is 6.03 Å². The molecule has 0 atom stereocenters. The molecule has 1 saturated heterocycles. The molecule has 25 heavy (non-hydrogen) atoms. The Labute approximate surface area is 147 Å². The van der Waals surface area contributed by atoms with E-state index in [2.05, 4.69) is 22.5 Å². The number of methoxy groups -OCH3 is 1. The first-order valence-corrected chi connectivity index (χ1v) is 8.06. The Morgan fingerprint density at radius 2 is 2.20 bits per heavy atom. The van der Waals surface area contributed by atoms with Crippen molar-refractivity contribution in [1.29, 1.82) is 0 Å². The van der Waals surface area contributed by atoms with E-state index in [1.807, 2.05) is 31.2 Å². The molecular weight excluding hydrogens is 320 g/mol. The van der Waals surface area contributed by atoms with Crippen LogP contribution in [-0.4, -0.2) is 38.7 Å². The van der Waals surface area contributed by atoms with Gasteiger partial charge in [-0.3, -0.25) is 9.69 Å². The van der Waals surface area contributed by atoms with Crippen LogP contribution in [0, 0.1) is 0 Å². The van der Waals surface area contributed by atoms with Crippen LogP contribution in [0.1, 0.15) is 13.8 Å². The highest BCUT2D eigenvalue weighted by Crippen LogP contribution is 2.35. The van der Waals surface area contributed by atoms with Crippen LogP contribution in [0.5, 0.6) is 5.75 Å². The Kier molecular flexibility index (Phi) is 6.05. The van der Waals surface area contributed by atoms with Gasteiger partial charge in [0, 0.05) is 44.0 Å². The second kappa shape index (κ2) is 8.23. The molecule has 2 rings (SSSR count). The lowest BCUT2D eigenvalue weighted by Gasteiger charge is -2.32. The first-order chi connectivity index (χ1) is 12.0. The predicted octanol–water partition coefficient (Wildman–Crippen LogP) is 2.23. The molecule has 0 spiro atoms. The largest absolute Gasteiger partial charge is 0.494 e. The van der Waals surface area contributed by atoms with Crippen molar-refractivity contribution in [2.45, 2.75) is 13.8 Å². The molecule has 7 nitrogen and oxygen atoms in total. The number of carbonyl (C=O) groups excluding carboxylic acids is 2. The van der Waals surface area contributed by atoms with Gasteiger partial charge in [0.15, 0.2) is 0 Å². The van der Waals surface area contributed by atoms with Crippen molar-refractivity contribution in [3.05, 3.63) is 42.1 Å². The lowest BCUT2D eigenvalue weighted by molar-refractivity contribution is -0.118. The summed E-state index contributed by atoms with van der Waals surface area (Å²) in [6.45, 7) is 9.00. The van der Waals surface area contributed by atoms with Crippen molar-refractivity contribution in [1.82, 2.24) is 10.6 Å². The SMILES string of the molecule is C=C1/C(=C\C)CNC(=O)N1c1ccc(NCCNC(C)=O)cc1OC. The first kappa shape index (κ1) is 18.4. The zero-order valence-corrected chi connectivity index (χ0v) is 14.8. The summed E-state index contributed by atoms with van der Waals surface area (Å²) in [6, 6.07) is 5.24. The zero-order chi connectivity index (χ0) is 18.4. The minimum absolute atomic E-state index is 0.0656. The smallest absolute Gasteiger partial charge is 0.326 e. The van der Waals surface area contributed by atoms with E-state index in [1.54, 1.807) is 7.11 Å². The fraction of sp³-hybridized carbons (Fsp3) is 0.333. The van der Waals surface area contributed by atoms with Gasteiger partial charge in [0.1, 0.15) is 5.75 Å². The molecule has 1 fully saturated rings. The zero-order valence-electron chi connectivity index (χ0n) is 14.8. The minimum Gasteiger partial charge on any atom is -0.494 e. The van der Waals surface area contributed by atoms with Gasteiger partial charge in [-0.25, -0.2) is 4.79 Å². The quantitative estimate of drug-likeness (QED) is 0.691. The normalized spacial score (nSPS) is 15.8. The summed E-state index contributed by atoms with van der Waals surface area (Å²) in [5, 5.41) is 8.75. The summed E-state index contributed by atoms with van der Waals surface area (Å²) in [6.07, 6.45) is 1.93. The second-order valence-corrected chi connectivity index (χ2v) is 5.55. The molecule has 0 radical (unpaired) electrons. The number of rotatable bonds is 6. The van der Waals surface area contributed by atoms with Crippen LogP contribution in [0.3, 0.4) is 0 Å². The molecule has 3 N–H and O–H groups in total. The van der Waals surface area contributed by atoms with Crippen LogP contribution < -0.4 is 25.6 Å². The standard InChI is InChI=1S/C18H24N4O3/c1-5-14-11-21-18(24)22(12(14)2)16-7-6-15(10-17(16)25-4)20-9-8-19-13(3)23/h5-7,10,20H,2,8-9,11H2,1,3-4H3,(H,19,23)(H,21,24)/b14-5-. The molecule has 7 heteroatoms. The van der Waals surface area contributed by atoms with E-state index >= 15 is 0 Å². The predicted molar refractivity (Wildman–Crippen MR) is 98.9 cm³/mol. The summed E-state index contributed by atoms with van der Waals surface area (Å²) >= 11 is 0. The van der Waals surface area contributed by atoms with Crippen molar-refractivity contribution in [2.75, 3.05) is 37.0 Å². The molecule has 0 aromatic heterocycles. The molecule has 0 bridgehead atoms. The Balaban J connectivity index is 2.19. The third-order valence-electron chi connectivity index (χ3n) is 3.87. The summed E-state index contributed by atoms with van der Waals surface area (Å²) in [5.74, 6) is 0.488. The lowest BCUT2D eigenvalue weighted by Crippen LogP contribution is -2.46. The van der Waals surface area contributed by atoms with Crippen LogP contribution in [0.2, 0.25) is 0 Å². The number of urea groups is 1. The Morgan fingerprint density at radius 3 is 2.84 bits per heavy atom. The van der Waals surface area contributed by atoms with Gasteiger partial charge in [0.25, 0.3) is 0 Å². The van der Waals surface area contributed by atoms with E-state index in [9.17, 15) is 9.59 Å². The highest BCUT2D eigenvalue weighted by Gasteiger charge is 2.28.